The van der Waals surface area contributed by atoms with Crippen LogP contribution in [0, 0.1) is 0 Å². The van der Waals surface area contributed by atoms with Gasteiger partial charge in [0.25, 0.3) is 0 Å². The van der Waals surface area contributed by atoms with Gasteiger partial charge in [0.15, 0.2) is 0 Å². The van der Waals surface area contributed by atoms with E-state index in [1.54, 1.807) is 25.5 Å². The van der Waals surface area contributed by atoms with Crippen LogP contribution in [0.3, 0.4) is 0 Å². The number of hydrogen-bond acceptors (Lipinski definition) is 4. The molecule has 0 saturated carbocycles. The van der Waals surface area contributed by atoms with Gasteiger partial charge < -0.3 is 14.7 Å². The van der Waals surface area contributed by atoms with Crippen molar-refractivity contribution in [3.63, 3.8) is 0 Å². The minimum atomic E-state index is -0.279. The van der Waals surface area contributed by atoms with Crippen molar-refractivity contribution in [2.75, 3.05) is 18.6 Å². The van der Waals surface area contributed by atoms with Gasteiger partial charge in [-0.2, -0.15) is 5.10 Å². The molecule has 3 aromatic rings. The number of aliphatic hydroxyl groups excluding tert-OH is 1. The first-order chi connectivity index (χ1) is 16.1. The molecule has 1 heterocycles. The van der Waals surface area contributed by atoms with Gasteiger partial charge in [0, 0.05) is 45.7 Å². The van der Waals surface area contributed by atoms with E-state index in [-0.39, 0.29) is 28.1 Å². The zero-order valence-corrected chi connectivity index (χ0v) is 20.6. The molecule has 1 atom stereocenters. The molecule has 34 heavy (non-hydrogen) atoms. The summed E-state index contributed by atoms with van der Waals surface area (Å²) < 4.78 is 5.54. The number of methoxy groups -OCH3 is 1. The van der Waals surface area contributed by atoms with Crippen molar-refractivity contribution in [1.82, 2.24) is 0 Å². The monoisotopic (exact) mass is 498 g/mol. The van der Waals surface area contributed by atoms with Crippen LogP contribution in [0.5, 0.6) is 5.75 Å². The smallest absolute Gasteiger partial charge is 0.238 e. The summed E-state index contributed by atoms with van der Waals surface area (Å²) in [4.78, 5) is 2.31. The Morgan fingerprint density at radius 3 is 2.35 bits per heavy atom. The first-order valence-electron chi connectivity index (χ1n) is 11.1. The molecular formula is C28H29CoN3O2. The average molecular weight is 498 g/mol. The zero-order chi connectivity index (χ0) is 23.3. The Balaban J connectivity index is 0.00000324. The fourth-order valence-electron chi connectivity index (χ4n) is 4.53. The predicted molar refractivity (Wildman–Crippen MR) is 136 cm³/mol. The summed E-state index contributed by atoms with van der Waals surface area (Å²) in [5.41, 5.74) is 5.14. The quantitative estimate of drug-likeness (QED) is 0.250. The van der Waals surface area contributed by atoms with Crippen LogP contribution in [-0.2, 0) is 28.6 Å². The van der Waals surface area contributed by atoms with Crippen LogP contribution in [-0.4, -0.2) is 30.9 Å². The van der Waals surface area contributed by atoms with Crippen LogP contribution in [0.4, 0.5) is 5.69 Å². The SMILES string of the molecule is CCN1\C(=C/C=N/N=C(\O)c2ccccc2)C(C)(Cc2ccccc2)c2cc(OC)ccc21.[Co]. The largest absolute Gasteiger partial charge is 0.497 e. The fourth-order valence-corrected chi connectivity index (χ4v) is 4.53. The van der Waals surface area contributed by atoms with Gasteiger partial charge in [-0.05, 0) is 67.8 Å². The molecule has 0 amide bonds. The van der Waals surface area contributed by atoms with Crippen molar-refractivity contribution in [3.05, 3.63) is 107 Å². The molecular weight excluding hydrogens is 469 g/mol. The van der Waals surface area contributed by atoms with E-state index in [0.717, 1.165) is 24.4 Å². The van der Waals surface area contributed by atoms with E-state index in [0.29, 0.717) is 5.56 Å². The van der Waals surface area contributed by atoms with Gasteiger partial charge >= 0.3 is 0 Å². The topological polar surface area (TPSA) is 57.4 Å². The van der Waals surface area contributed by atoms with E-state index in [4.69, 9.17) is 4.74 Å². The molecule has 3 aromatic carbocycles. The van der Waals surface area contributed by atoms with E-state index in [2.05, 4.69) is 65.3 Å². The fraction of sp³-hybridized carbons (Fsp3) is 0.214. The molecule has 0 aliphatic carbocycles. The first-order valence-corrected chi connectivity index (χ1v) is 11.1. The molecule has 0 aromatic heterocycles. The third kappa shape index (κ3) is 5.08. The van der Waals surface area contributed by atoms with Gasteiger partial charge in [-0.15, -0.1) is 5.10 Å². The summed E-state index contributed by atoms with van der Waals surface area (Å²) in [6.45, 7) is 5.23. The van der Waals surface area contributed by atoms with Crippen molar-refractivity contribution in [3.8, 4) is 5.75 Å². The molecule has 0 spiro atoms. The van der Waals surface area contributed by atoms with Crippen molar-refractivity contribution < 1.29 is 26.6 Å². The van der Waals surface area contributed by atoms with Crippen LogP contribution in [0.2, 0.25) is 0 Å². The summed E-state index contributed by atoms with van der Waals surface area (Å²) in [7, 11) is 1.70. The molecule has 4 rings (SSSR count). The first kappa shape index (κ1) is 25.3. The molecule has 5 nitrogen and oxygen atoms in total. The summed E-state index contributed by atoms with van der Waals surface area (Å²) in [6.07, 6.45) is 4.49. The van der Waals surface area contributed by atoms with E-state index in [1.165, 1.54) is 16.8 Å². The number of benzene rings is 3. The van der Waals surface area contributed by atoms with Crippen molar-refractivity contribution in [2.45, 2.75) is 25.7 Å². The van der Waals surface area contributed by atoms with E-state index < -0.39 is 0 Å². The van der Waals surface area contributed by atoms with E-state index in [1.807, 2.05) is 36.4 Å². The number of aliphatic hydroxyl groups is 1. The zero-order valence-electron chi connectivity index (χ0n) is 19.6. The standard InChI is InChI=1S/C28H29N3O2.Co/c1-4-31-25-16-15-23(33-3)19-24(25)28(2,20-21-11-7-5-8-12-21)26(31)17-18-29-30-27(32)22-13-9-6-10-14-22;/h5-19H,4,20H2,1-3H3,(H,30,32);/b26-17-,29-18+;. The molecule has 1 N–H and O–H groups in total. The van der Waals surface area contributed by atoms with Crippen LogP contribution >= 0.6 is 0 Å². The van der Waals surface area contributed by atoms with Gasteiger partial charge in [-0.25, -0.2) is 0 Å². The average Bonchev–Trinajstić information content (AvgIpc) is 3.09. The Morgan fingerprint density at radius 1 is 1.03 bits per heavy atom. The molecule has 1 unspecified atom stereocenters. The minimum Gasteiger partial charge on any atom is -0.497 e. The number of rotatable bonds is 7. The Hall–Kier alpha value is -3.35. The van der Waals surface area contributed by atoms with E-state index >= 15 is 0 Å². The number of anilines is 1. The maximum absolute atomic E-state index is 10.2. The van der Waals surface area contributed by atoms with Crippen molar-refractivity contribution in [2.24, 2.45) is 10.2 Å². The number of allylic oxidation sites excluding steroid dienone is 2. The van der Waals surface area contributed by atoms with Crippen molar-refractivity contribution in [1.29, 1.82) is 0 Å². The molecule has 0 bridgehead atoms. The summed E-state index contributed by atoms with van der Waals surface area (Å²) in [6, 6.07) is 26.0. The molecule has 1 radical (unpaired) electrons. The van der Waals surface area contributed by atoms with Crippen LogP contribution in [0.25, 0.3) is 0 Å². The molecule has 0 fully saturated rings. The third-order valence-electron chi connectivity index (χ3n) is 6.15. The maximum atomic E-state index is 10.2. The second kappa shape index (κ2) is 11.2. The van der Waals surface area contributed by atoms with Crippen LogP contribution in [0.1, 0.15) is 30.5 Å². The minimum absolute atomic E-state index is 0. The normalized spacial score (nSPS) is 18.7. The Kier molecular flexibility index (Phi) is 8.31. The second-order valence-electron chi connectivity index (χ2n) is 8.23. The predicted octanol–water partition coefficient (Wildman–Crippen LogP) is 5.91. The maximum Gasteiger partial charge on any atom is 0.238 e. The summed E-state index contributed by atoms with van der Waals surface area (Å²) >= 11 is 0. The van der Waals surface area contributed by atoms with Gasteiger partial charge in [0.2, 0.25) is 5.90 Å². The number of nitrogens with zero attached hydrogens (tertiary/aromatic N) is 3. The number of hydrogen-bond donors (Lipinski definition) is 1. The molecule has 1 aliphatic rings. The van der Waals surface area contributed by atoms with Crippen molar-refractivity contribution >= 4 is 17.8 Å². The summed E-state index contributed by atoms with van der Waals surface area (Å²) in [5, 5.41) is 18.3. The number of fused-ring (bicyclic) bond motifs is 1. The molecule has 0 saturated heterocycles. The second-order valence-corrected chi connectivity index (χ2v) is 8.23. The third-order valence-corrected chi connectivity index (χ3v) is 6.15. The Morgan fingerprint density at radius 2 is 1.71 bits per heavy atom. The van der Waals surface area contributed by atoms with Gasteiger partial charge in [-0.3, -0.25) is 0 Å². The van der Waals surface area contributed by atoms with Crippen LogP contribution < -0.4 is 9.64 Å². The number of ether oxygens (including phenoxy) is 1. The van der Waals surface area contributed by atoms with Gasteiger partial charge in [0.1, 0.15) is 5.75 Å². The summed E-state index contributed by atoms with van der Waals surface area (Å²) in [5.74, 6) is 0.737. The van der Waals surface area contributed by atoms with E-state index in [9.17, 15) is 5.11 Å². The molecule has 1 aliphatic heterocycles. The molecule has 177 valence electrons. The Bertz CT molecular complexity index is 1190. The Labute approximate surface area is 211 Å². The number of likely N-dealkylation sites (N-methyl/N-ethyl adjacent to an activating group) is 1. The van der Waals surface area contributed by atoms with Gasteiger partial charge in [-0.1, -0.05) is 48.5 Å². The van der Waals surface area contributed by atoms with Crippen LogP contribution in [0.15, 0.2) is 101 Å². The molecule has 6 heteroatoms. The van der Waals surface area contributed by atoms with Gasteiger partial charge in [0.05, 0.1) is 13.3 Å².